The summed E-state index contributed by atoms with van der Waals surface area (Å²) in [6.07, 6.45) is 4.62. The van der Waals surface area contributed by atoms with Gasteiger partial charge in [0.2, 0.25) is 0 Å². The molecule has 1 aliphatic carbocycles. The molecule has 1 fully saturated rings. The summed E-state index contributed by atoms with van der Waals surface area (Å²) in [7, 11) is 0. The molecule has 1 aliphatic rings. The van der Waals surface area contributed by atoms with Gasteiger partial charge in [-0.05, 0) is 24.8 Å². The number of aliphatic hydroxyl groups is 2. The fraction of sp³-hybridized carbons (Fsp3) is 0.647. The van der Waals surface area contributed by atoms with E-state index in [1.807, 2.05) is 18.2 Å². The second-order valence-electron chi connectivity index (χ2n) is 6.22. The van der Waals surface area contributed by atoms with Crippen molar-refractivity contribution in [2.75, 3.05) is 26.3 Å². The summed E-state index contributed by atoms with van der Waals surface area (Å²) in [4.78, 5) is 2.46. The molecule has 0 amide bonds. The summed E-state index contributed by atoms with van der Waals surface area (Å²) in [5, 5.41) is 19.0. The van der Waals surface area contributed by atoms with Gasteiger partial charge in [0.25, 0.3) is 0 Å². The van der Waals surface area contributed by atoms with E-state index < -0.39 is 0 Å². The van der Waals surface area contributed by atoms with Crippen molar-refractivity contribution in [1.29, 1.82) is 0 Å². The number of hydrogen-bond donors (Lipinski definition) is 2. The van der Waals surface area contributed by atoms with Crippen LogP contribution in [0.25, 0.3) is 0 Å². The fourth-order valence-electron chi connectivity index (χ4n) is 2.94. The topological polar surface area (TPSA) is 43.7 Å². The van der Waals surface area contributed by atoms with E-state index in [1.165, 1.54) is 24.8 Å². The van der Waals surface area contributed by atoms with Gasteiger partial charge in [0, 0.05) is 31.2 Å². The summed E-state index contributed by atoms with van der Waals surface area (Å²) in [6, 6.07) is 10.9. The molecule has 0 heterocycles. The van der Waals surface area contributed by atoms with Gasteiger partial charge in [0.05, 0.1) is 6.61 Å². The molecule has 2 rings (SSSR count). The van der Waals surface area contributed by atoms with Gasteiger partial charge in [-0.2, -0.15) is 0 Å². The average Bonchev–Trinajstić information content (AvgIpc) is 2.43. The number of rotatable bonds is 8. The van der Waals surface area contributed by atoms with Crippen molar-refractivity contribution in [1.82, 2.24) is 4.90 Å². The number of benzene rings is 1. The van der Waals surface area contributed by atoms with Crippen LogP contribution < -0.4 is 0 Å². The zero-order valence-corrected chi connectivity index (χ0v) is 12.5. The van der Waals surface area contributed by atoms with Crippen LogP contribution in [0.1, 0.15) is 38.2 Å². The molecule has 1 unspecified atom stereocenters. The Morgan fingerprint density at radius 1 is 1.20 bits per heavy atom. The van der Waals surface area contributed by atoms with Gasteiger partial charge in [0.1, 0.15) is 0 Å². The summed E-state index contributed by atoms with van der Waals surface area (Å²) in [5.74, 6) is 0. The molecular formula is C17H27NO2. The molecule has 1 atom stereocenters. The second kappa shape index (κ2) is 7.21. The first-order valence-electron chi connectivity index (χ1n) is 7.71. The van der Waals surface area contributed by atoms with E-state index in [1.54, 1.807) is 0 Å². The van der Waals surface area contributed by atoms with Gasteiger partial charge in [-0.25, -0.2) is 0 Å². The SMILES string of the molecule is CC(CO)(CN(CCCO)C1CCC1)c1ccccc1. The van der Waals surface area contributed by atoms with Crippen LogP contribution in [-0.2, 0) is 5.41 Å². The minimum Gasteiger partial charge on any atom is -0.396 e. The molecule has 0 bridgehead atoms. The van der Waals surface area contributed by atoms with E-state index in [0.717, 1.165) is 19.5 Å². The smallest absolute Gasteiger partial charge is 0.0537 e. The van der Waals surface area contributed by atoms with Crippen molar-refractivity contribution in [3.05, 3.63) is 35.9 Å². The Labute approximate surface area is 122 Å². The van der Waals surface area contributed by atoms with Crippen molar-refractivity contribution < 1.29 is 10.2 Å². The highest BCUT2D eigenvalue weighted by Crippen LogP contribution is 2.30. The first-order chi connectivity index (χ1) is 9.69. The predicted molar refractivity (Wildman–Crippen MR) is 81.8 cm³/mol. The van der Waals surface area contributed by atoms with E-state index >= 15 is 0 Å². The normalized spacial score (nSPS) is 18.8. The van der Waals surface area contributed by atoms with Crippen molar-refractivity contribution in [3.63, 3.8) is 0 Å². The molecule has 112 valence electrons. The maximum atomic E-state index is 9.91. The van der Waals surface area contributed by atoms with E-state index in [2.05, 4.69) is 24.0 Å². The Bertz CT molecular complexity index is 391. The molecule has 1 aromatic rings. The zero-order chi connectivity index (χ0) is 14.4. The van der Waals surface area contributed by atoms with Gasteiger partial charge in [-0.3, -0.25) is 4.90 Å². The Kier molecular flexibility index (Phi) is 5.58. The lowest BCUT2D eigenvalue weighted by Gasteiger charge is -2.42. The van der Waals surface area contributed by atoms with Gasteiger partial charge in [-0.15, -0.1) is 0 Å². The minimum atomic E-state index is -0.230. The Morgan fingerprint density at radius 2 is 1.90 bits per heavy atom. The van der Waals surface area contributed by atoms with E-state index in [0.29, 0.717) is 6.04 Å². The minimum absolute atomic E-state index is 0.152. The van der Waals surface area contributed by atoms with E-state index in [9.17, 15) is 5.11 Å². The third-order valence-corrected chi connectivity index (χ3v) is 4.57. The molecule has 0 saturated heterocycles. The molecule has 2 N–H and O–H groups in total. The van der Waals surface area contributed by atoms with Crippen LogP contribution in [0.2, 0.25) is 0 Å². The Morgan fingerprint density at radius 3 is 2.40 bits per heavy atom. The molecule has 3 nitrogen and oxygen atoms in total. The van der Waals surface area contributed by atoms with E-state index in [-0.39, 0.29) is 18.6 Å². The average molecular weight is 277 g/mol. The molecule has 1 saturated carbocycles. The van der Waals surface area contributed by atoms with Crippen molar-refractivity contribution in [3.8, 4) is 0 Å². The largest absolute Gasteiger partial charge is 0.396 e. The number of hydrogen-bond acceptors (Lipinski definition) is 3. The van der Waals surface area contributed by atoms with Crippen LogP contribution in [0.15, 0.2) is 30.3 Å². The lowest BCUT2D eigenvalue weighted by molar-refractivity contribution is 0.0715. The molecule has 20 heavy (non-hydrogen) atoms. The number of aliphatic hydroxyl groups excluding tert-OH is 2. The standard InChI is InChI=1S/C17H27NO2/c1-17(14-20,15-7-3-2-4-8-15)13-18(11-6-12-19)16-9-5-10-16/h2-4,7-8,16,19-20H,5-6,9-14H2,1H3. The molecular weight excluding hydrogens is 250 g/mol. The van der Waals surface area contributed by atoms with Crippen LogP contribution in [0.3, 0.4) is 0 Å². The summed E-state index contributed by atoms with van der Waals surface area (Å²) >= 11 is 0. The monoisotopic (exact) mass is 277 g/mol. The van der Waals surface area contributed by atoms with Gasteiger partial charge in [0.15, 0.2) is 0 Å². The second-order valence-corrected chi connectivity index (χ2v) is 6.22. The maximum absolute atomic E-state index is 9.91. The highest BCUT2D eigenvalue weighted by Gasteiger charge is 2.33. The molecule has 3 heteroatoms. The Hall–Kier alpha value is -0.900. The van der Waals surface area contributed by atoms with Crippen LogP contribution in [-0.4, -0.2) is 47.5 Å². The zero-order valence-electron chi connectivity index (χ0n) is 12.5. The molecule has 1 aromatic carbocycles. The van der Waals surface area contributed by atoms with Crippen LogP contribution >= 0.6 is 0 Å². The quantitative estimate of drug-likeness (QED) is 0.765. The first kappa shape index (κ1) is 15.5. The lowest BCUT2D eigenvalue weighted by atomic mass is 9.81. The third kappa shape index (κ3) is 3.60. The maximum Gasteiger partial charge on any atom is 0.0537 e. The van der Waals surface area contributed by atoms with Gasteiger partial charge in [-0.1, -0.05) is 43.7 Å². The van der Waals surface area contributed by atoms with Crippen LogP contribution in [0.4, 0.5) is 0 Å². The van der Waals surface area contributed by atoms with Crippen molar-refractivity contribution >= 4 is 0 Å². The van der Waals surface area contributed by atoms with Crippen molar-refractivity contribution in [2.45, 2.75) is 44.1 Å². The van der Waals surface area contributed by atoms with Gasteiger partial charge < -0.3 is 10.2 Å². The molecule has 0 aliphatic heterocycles. The lowest BCUT2D eigenvalue weighted by Crippen LogP contribution is -2.49. The highest BCUT2D eigenvalue weighted by molar-refractivity contribution is 5.25. The fourth-order valence-corrected chi connectivity index (χ4v) is 2.94. The molecule has 0 spiro atoms. The van der Waals surface area contributed by atoms with Crippen molar-refractivity contribution in [2.24, 2.45) is 0 Å². The Balaban J connectivity index is 2.09. The molecule has 0 aromatic heterocycles. The third-order valence-electron chi connectivity index (χ3n) is 4.57. The highest BCUT2D eigenvalue weighted by atomic mass is 16.3. The summed E-state index contributed by atoms with van der Waals surface area (Å²) < 4.78 is 0. The summed E-state index contributed by atoms with van der Waals surface area (Å²) in [5.41, 5.74) is 0.961. The van der Waals surface area contributed by atoms with Crippen LogP contribution in [0, 0.1) is 0 Å². The first-order valence-corrected chi connectivity index (χ1v) is 7.71. The van der Waals surface area contributed by atoms with Gasteiger partial charge >= 0.3 is 0 Å². The molecule has 0 radical (unpaired) electrons. The van der Waals surface area contributed by atoms with E-state index in [4.69, 9.17) is 5.11 Å². The predicted octanol–water partition coefficient (Wildman–Crippen LogP) is 2.17. The van der Waals surface area contributed by atoms with Crippen LogP contribution in [0.5, 0.6) is 0 Å². The summed E-state index contributed by atoms with van der Waals surface area (Å²) in [6.45, 7) is 4.30. The number of nitrogens with zero attached hydrogens (tertiary/aromatic N) is 1.